The van der Waals surface area contributed by atoms with Crippen LogP contribution in [0.25, 0.3) is 0 Å². The van der Waals surface area contributed by atoms with Gasteiger partial charge in [-0.25, -0.2) is 0 Å². The predicted molar refractivity (Wildman–Crippen MR) is 68.5 cm³/mol. The molecular formula is C14H21NO2. The molecule has 3 heteroatoms. The number of hydrogen-bond acceptors (Lipinski definition) is 3. The molecule has 1 rings (SSSR count). The maximum absolute atomic E-state index is 11.9. The molecule has 0 aliphatic heterocycles. The Morgan fingerprint density at radius 1 is 1.29 bits per heavy atom. The van der Waals surface area contributed by atoms with Gasteiger partial charge in [0, 0.05) is 0 Å². The third-order valence-electron chi connectivity index (χ3n) is 2.57. The smallest absolute Gasteiger partial charge is 0.323 e. The van der Waals surface area contributed by atoms with E-state index in [1.54, 1.807) is 0 Å². The molecular weight excluding hydrogens is 214 g/mol. The summed E-state index contributed by atoms with van der Waals surface area (Å²) in [5, 5.41) is 3.14. The van der Waals surface area contributed by atoms with E-state index < -0.39 is 0 Å². The fourth-order valence-electron chi connectivity index (χ4n) is 1.63. The van der Waals surface area contributed by atoms with Crippen LogP contribution >= 0.6 is 0 Å². The maximum atomic E-state index is 11.9. The molecule has 1 aromatic carbocycles. The lowest BCUT2D eigenvalue weighted by molar-refractivity contribution is -0.148. The summed E-state index contributed by atoms with van der Waals surface area (Å²) in [7, 11) is 0. The van der Waals surface area contributed by atoms with Gasteiger partial charge in [0.1, 0.15) is 12.6 Å². The Bertz CT molecular complexity index is 335. The van der Waals surface area contributed by atoms with Gasteiger partial charge in [-0.05, 0) is 18.0 Å². The van der Waals surface area contributed by atoms with Crippen molar-refractivity contribution in [3.05, 3.63) is 35.9 Å². The van der Waals surface area contributed by atoms with Crippen LogP contribution in [0, 0.1) is 5.92 Å². The van der Waals surface area contributed by atoms with Crippen LogP contribution in [0.2, 0.25) is 0 Å². The summed E-state index contributed by atoms with van der Waals surface area (Å²) in [5.74, 6) is 0.0592. The van der Waals surface area contributed by atoms with Crippen LogP contribution in [0.3, 0.4) is 0 Å². The van der Waals surface area contributed by atoms with Crippen molar-refractivity contribution in [2.45, 2.75) is 33.4 Å². The molecule has 0 bridgehead atoms. The molecule has 0 aliphatic carbocycles. The van der Waals surface area contributed by atoms with E-state index in [0.29, 0.717) is 6.61 Å². The van der Waals surface area contributed by atoms with Crippen molar-refractivity contribution < 1.29 is 9.53 Å². The van der Waals surface area contributed by atoms with Crippen molar-refractivity contribution in [3.8, 4) is 0 Å². The lowest BCUT2D eigenvalue weighted by Gasteiger charge is -2.19. The number of ether oxygens (including phenoxy) is 1. The van der Waals surface area contributed by atoms with E-state index in [1.807, 2.05) is 51.1 Å². The molecule has 17 heavy (non-hydrogen) atoms. The molecule has 0 amide bonds. The molecule has 0 unspecified atom stereocenters. The molecule has 0 aromatic heterocycles. The number of esters is 1. The Kier molecular flexibility index (Phi) is 5.70. The molecule has 0 aliphatic rings. The van der Waals surface area contributed by atoms with Crippen molar-refractivity contribution in [3.63, 3.8) is 0 Å². The van der Waals surface area contributed by atoms with Crippen LogP contribution in [0.4, 0.5) is 0 Å². The molecule has 0 saturated carbocycles. The number of carbonyl (C=O) groups excluding carboxylic acids is 1. The second-order valence-electron chi connectivity index (χ2n) is 4.37. The fraction of sp³-hybridized carbons (Fsp3) is 0.500. The molecule has 1 aromatic rings. The second-order valence-corrected chi connectivity index (χ2v) is 4.37. The van der Waals surface area contributed by atoms with Crippen molar-refractivity contribution in [1.29, 1.82) is 0 Å². The second kappa shape index (κ2) is 7.07. The first-order chi connectivity index (χ1) is 8.15. The van der Waals surface area contributed by atoms with Gasteiger partial charge in [0.25, 0.3) is 0 Å². The average molecular weight is 235 g/mol. The molecule has 0 heterocycles. The molecule has 94 valence electrons. The first-order valence-corrected chi connectivity index (χ1v) is 6.09. The molecule has 0 spiro atoms. The van der Waals surface area contributed by atoms with Gasteiger partial charge in [-0.3, -0.25) is 4.79 Å². The number of likely N-dealkylation sites (N-methyl/N-ethyl adjacent to an activating group) is 1. The van der Waals surface area contributed by atoms with Gasteiger partial charge in [0.15, 0.2) is 0 Å². The minimum atomic E-state index is -0.219. The Hall–Kier alpha value is -1.35. The van der Waals surface area contributed by atoms with Gasteiger partial charge < -0.3 is 10.1 Å². The molecule has 0 fully saturated rings. The van der Waals surface area contributed by atoms with E-state index in [9.17, 15) is 4.79 Å². The summed E-state index contributed by atoms with van der Waals surface area (Å²) in [6.45, 7) is 7.12. The fourth-order valence-corrected chi connectivity index (χ4v) is 1.63. The highest BCUT2D eigenvalue weighted by Gasteiger charge is 2.22. The van der Waals surface area contributed by atoms with Gasteiger partial charge in [-0.15, -0.1) is 0 Å². The zero-order valence-electron chi connectivity index (χ0n) is 10.8. The third kappa shape index (κ3) is 4.57. The highest BCUT2D eigenvalue weighted by Crippen LogP contribution is 2.07. The zero-order chi connectivity index (χ0) is 12.7. The van der Waals surface area contributed by atoms with E-state index in [2.05, 4.69) is 5.32 Å². The van der Waals surface area contributed by atoms with E-state index >= 15 is 0 Å². The Labute approximate surface area is 103 Å². The SMILES string of the molecule is CCN[C@@H](C(=O)OCc1ccccc1)C(C)C. The largest absolute Gasteiger partial charge is 0.460 e. The highest BCUT2D eigenvalue weighted by atomic mass is 16.5. The van der Waals surface area contributed by atoms with E-state index in [4.69, 9.17) is 4.74 Å². The number of carbonyl (C=O) groups is 1. The highest BCUT2D eigenvalue weighted by molar-refractivity contribution is 5.76. The molecule has 0 saturated heterocycles. The summed E-state index contributed by atoms with van der Waals surface area (Å²) < 4.78 is 5.30. The van der Waals surface area contributed by atoms with Crippen LogP contribution in [0.5, 0.6) is 0 Å². The zero-order valence-corrected chi connectivity index (χ0v) is 10.8. The summed E-state index contributed by atoms with van der Waals surface area (Å²) in [6.07, 6.45) is 0. The van der Waals surface area contributed by atoms with Crippen molar-refractivity contribution >= 4 is 5.97 Å². The molecule has 3 nitrogen and oxygen atoms in total. The van der Waals surface area contributed by atoms with Crippen molar-refractivity contribution in [2.24, 2.45) is 5.92 Å². The lowest BCUT2D eigenvalue weighted by atomic mass is 10.0. The summed E-state index contributed by atoms with van der Waals surface area (Å²) in [6, 6.07) is 9.50. The average Bonchev–Trinajstić information content (AvgIpc) is 2.34. The minimum absolute atomic E-state index is 0.175. The monoisotopic (exact) mass is 235 g/mol. The van der Waals surface area contributed by atoms with Gasteiger partial charge in [0.05, 0.1) is 0 Å². The topological polar surface area (TPSA) is 38.3 Å². The quantitative estimate of drug-likeness (QED) is 0.769. The molecule has 0 radical (unpaired) electrons. The Balaban J connectivity index is 2.47. The number of nitrogens with one attached hydrogen (secondary N) is 1. The van der Waals surface area contributed by atoms with Crippen LogP contribution < -0.4 is 5.32 Å². The van der Waals surface area contributed by atoms with Gasteiger partial charge >= 0.3 is 5.97 Å². The molecule has 1 N–H and O–H groups in total. The Morgan fingerprint density at radius 3 is 2.47 bits per heavy atom. The first kappa shape index (κ1) is 13.7. The van der Waals surface area contributed by atoms with Crippen LogP contribution in [0.15, 0.2) is 30.3 Å². The number of hydrogen-bond donors (Lipinski definition) is 1. The molecule has 1 atom stereocenters. The summed E-state index contributed by atoms with van der Waals surface area (Å²) >= 11 is 0. The summed E-state index contributed by atoms with van der Waals surface area (Å²) in [4.78, 5) is 11.9. The lowest BCUT2D eigenvalue weighted by Crippen LogP contribution is -2.41. The van der Waals surface area contributed by atoms with Crippen molar-refractivity contribution in [1.82, 2.24) is 5.32 Å². The first-order valence-electron chi connectivity index (χ1n) is 6.09. The Morgan fingerprint density at radius 2 is 1.94 bits per heavy atom. The number of benzene rings is 1. The normalized spacial score (nSPS) is 12.5. The van der Waals surface area contributed by atoms with Gasteiger partial charge in [-0.1, -0.05) is 51.1 Å². The number of rotatable bonds is 6. The standard InChI is InChI=1S/C14H21NO2/c1-4-15-13(11(2)3)14(16)17-10-12-8-6-5-7-9-12/h5-9,11,13,15H,4,10H2,1-3H3/t13-/m1/s1. The van der Waals surface area contributed by atoms with Crippen LogP contribution in [-0.4, -0.2) is 18.6 Å². The van der Waals surface area contributed by atoms with Crippen LogP contribution in [0.1, 0.15) is 26.3 Å². The predicted octanol–water partition coefficient (Wildman–Crippen LogP) is 2.36. The van der Waals surface area contributed by atoms with Gasteiger partial charge in [-0.2, -0.15) is 0 Å². The van der Waals surface area contributed by atoms with E-state index in [0.717, 1.165) is 12.1 Å². The third-order valence-corrected chi connectivity index (χ3v) is 2.57. The van der Waals surface area contributed by atoms with E-state index in [-0.39, 0.29) is 17.9 Å². The maximum Gasteiger partial charge on any atom is 0.323 e. The van der Waals surface area contributed by atoms with Gasteiger partial charge in [0.2, 0.25) is 0 Å². The van der Waals surface area contributed by atoms with Crippen LogP contribution in [-0.2, 0) is 16.1 Å². The summed E-state index contributed by atoms with van der Waals surface area (Å²) in [5.41, 5.74) is 1.01. The van der Waals surface area contributed by atoms with E-state index in [1.165, 1.54) is 0 Å². The van der Waals surface area contributed by atoms with Crippen molar-refractivity contribution in [2.75, 3.05) is 6.54 Å². The minimum Gasteiger partial charge on any atom is -0.460 e.